The van der Waals surface area contributed by atoms with Crippen LogP contribution in [0.4, 0.5) is 0 Å². The fourth-order valence-corrected chi connectivity index (χ4v) is 3.76. The average molecular weight is 310 g/mol. The minimum absolute atomic E-state index is 0.211. The van der Waals surface area contributed by atoms with Gasteiger partial charge in [-0.15, -0.1) is 0 Å². The van der Waals surface area contributed by atoms with E-state index in [1.165, 1.54) is 0 Å². The molecule has 118 valence electrons. The molecular weight excluding hydrogens is 284 g/mol. The van der Waals surface area contributed by atoms with Crippen molar-refractivity contribution in [2.24, 2.45) is 0 Å². The molecule has 1 atom stereocenters. The maximum Gasteiger partial charge on any atom is 0.337 e. The van der Waals surface area contributed by atoms with Gasteiger partial charge in [-0.2, -0.15) is 0 Å². The van der Waals surface area contributed by atoms with Gasteiger partial charge in [0, 0.05) is 6.42 Å². The third-order valence-electron chi connectivity index (χ3n) is 3.15. The molecule has 0 bridgehead atoms. The van der Waals surface area contributed by atoms with Crippen LogP contribution in [0.15, 0.2) is 24.3 Å². The van der Waals surface area contributed by atoms with Gasteiger partial charge in [-0.25, -0.2) is 4.79 Å². The van der Waals surface area contributed by atoms with Gasteiger partial charge in [0.2, 0.25) is 0 Å². The normalized spacial score (nSPS) is 14.5. The Labute approximate surface area is 128 Å². The Morgan fingerprint density at radius 2 is 1.76 bits per heavy atom. The van der Waals surface area contributed by atoms with Gasteiger partial charge in [0.1, 0.15) is 5.75 Å². The lowest BCUT2D eigenvalue weighted by Crippen LogP contribution is -2.50. The number of carbonyl (C=O) groups excluding carboxylic acids is 1. The van der Waals surface area contributed by atoms with E-state index in [0.717, 1.165) is 5.56 Å². The Morgan fingerprint density at radius 1 is 1.19 bits per heavy atom. The summed E-state index contributed by atoms with van der Waals surface area (Å²) < 4.78 is 11.5. The highest BCUT2D eigenvalue weighted by molar-refractivity contribution is 6.70. The average Bonchev–Trinajstić information content (AvgIpc) is 2.39. The van der Waals surface area contributed by atoms with E-state index in [1.54, 1.807) is 19.1 Å². The zero-order chi connectivity index (χ0) is 16.1. The molecule has 0 radical (unpaired) electrons. The third kappa shape index (κ3) is 5.17. The first-order chi connectivity index (χ1) is 9.72. The van der Waals surface area contributed by atoms with Crippen LogP contribution >= 0.6 is 0 Å². The van der Waals surface area contributed by atoms with Crippen LogP contribution in [-0.2, 0) is 20.4 Å². The topological polar surface area (TPSA) is 55.8 Å². The molecule has 0 saturated carbocycles. The summed E-state index contributed by atoms with van der Waals surface area (Å²) in [7, 11) is -1.92. The Hall–Kier alpha value is -1.33. The van der Waals surface area contributed by atoms with Gasteiger partial charge in [-0.3, -0.25) is 0 Å². The number of hydrogen-bond acceptors (Lipinski definition) is 4. The number of benzene rings is 1. The second kappa shape index (κ2) is 7.09. The summed E-state index contributed by atoms with van der Waals surface area (Å²) in [5.74, 6) is -0.0916. The summed E-state index contributed by atoms with van der Waals surface area (Å²) in [6, 6.07) is 6.87. The summed E-state index contributed by atoms with van der Waals surface area (Å²) in [5, 5.41) is 9.38. The van der Waals surface area contributed by atoms with E-state index >= 15 is 0 Å². The zero-order valence-corrected chi connectivity index (χ0v) is 14.6. The van der Waals surface area contributed by atoms with E-state index in [-0.39, 0.29) is 11.7 Å². The Balaban J connectivity index is 3.09. The molecule has 0 fully saturated rings. The first kappa shape index (κ1) is 17.7. The summed E-state index contributed by atoms with van der Waals surface area (Å²) in [6.45, 7) is 10.3. The van der Waals surface area contributed by atoms with Crippen molar-refractivity contribution in [3.8, 4) is 5.75 Å². The number of aromatic hydroxyl groups is 1. The van der Waals surface area contributed by atoms with Gasteiger partial charge >= 0.3 is 5.97 Å². The largest absolute Gasteiger partial charge is 0.508 e. The van der Waals surface area contributed by atoms with E-state index in [1.807, 2.05) is 19.1 Å². The van der Waals surface area contributed by atoms with Crippen molar-refractivity contribution in [1.29, 1.82) is 0 Å². The van der Waals surface area contributed by atoms with Crippen molar-refractivity contribution in [1.82, 2.24) is 0 Å². The molecule has 0 aromatic heterocycles. The van der Waals surface area contributed by atoms with E-state index in [4.69, 9.17) is 9.16 Å². The van der Waals surface area contributed by atoms with Crippen molar-refractivity contribution in [2.45, 2.75) is 51.9 Å². The first-order valence-corrected chi connectivity index (χ1v) is 10.8. The SMILES string of the molecule is CCOC(=O)C(CC)(Cc1ccc(O)cc1)O[Si](C)(C)C. The lowest BCUT2D eigenvalue weighted by atomic mass is 9.92. The smallest absolute Gasteiger partial charge is 0.337 e. The Kier molecular flexibility index (Phi) is 5.98. The van der Waals surface area contributed by atoms with E-state index < -0.39 is 13.9 Å². The minimum Gasteiger partial charge on any atom is -0.508 e. The monoisotopic (exact) mass is 310 g/mol. The van der Waals surface area contributed by atoms with Gasteiger partial charge < -0.3 is 14.3 Å². The molecule has 5 heteroatoms. The fraction of sp³-hybridized carbons (Fsp3) is 0.562. The molecule has 0 amide bonds. The van der Waals surface area contributed by atoms with Gasteiger partial charge in [-0.1, -0.05) is 19.1 Å². The second-order valence-corrected chi connectivity index (χ2v) is 10.6. The van der Waals surface area contributed by atoms with Crippen molar-refractivity contribution >= 4 is 14.3 Å². The highest BCUT2D eigenvalue weighted by Gasteiger charge is 2.43. The van der Waals surface area contributed by atoms with E-state index in [0.29, 0.717) is 19.4 Å². The number of ether oxygens (including phenoxy) is 1. The lowest BCUT2D eigenvalue weighted by Gasteiger charge is -2.36. The standard InChI is InChI=1S/C16H26O4Si/c1-6-16(15(18)19-7-2,20-21(3,4)5)12-13-8-10-14(17)11-9-13/h8-11,17H,6-7,12H2,1-5H3. The van der Waals surface area contributed by atoms with Crippen LogP contribution in [0.1, 0.15) is 25.8 Å². The summed E-state index contributed by atoms with van der Waals surface area (Å²) in [5.41, 5.74) is -0.00164. The van der Waals surface area contributed by atoms with Crippen molar-refractivity contribution in [3.05, 3.63) is 29.8 Å². The molecule has 0 aliphatic carbocycles. The Bertz CT molecular complexity index is 464. The van der Waals surface area contributed by atoms with Crippen LogP contribution in [0.2, 0.25) is 19.6 Å². The van der Waals surface area contributed by atoms with Crippen LogP contribution in [0, 0.1) is 0 Å². The lowest BCUT2D eigenvalue weighted by molar-refractivity contribution is -0.163. The summed E-state index contributed by atoms with van der Waals surface area (Å²) >= 11 is 0. The van der Waals surface area contributed by atoms with Crippen LogP contribution in [-0.4, -0.2) is 31.6 Å². The van der Waals surface area contributed by atoms with Crippen molar-refractivity contribution < 1.29 is 19.1 Å². The number of rotatable bonds is 7. The number of phenols is 1. The quantitative estimate of drug-likeness (QED) is 0.618. The second-order valence-electron chi connectivity index (χ2n) is 6.13. The van der Waals surface area contributed by atoms with Gasteiger partial charge in [-0.05, 0) is 50.7 Å². The van der Waals surface area contributed by atoms with Crippen LogP contribution < -0.4 is 0 Å². The van der Waals surface area contributed by atoms with E-state index in [9.17, 15) is 9.90 Å². The zero-order valence-electron chi connectivity index (χ0n) is 13.6. The molecule has 1 aromatic rings. The maximum atomic E-state index is 12.5. The number of esters is 1. The fourth-order valence-electron chi connectivity index (χ4n) is 2.28. The van der Waals surface area contributed by atoms with Crippen LogP contribution in [0.25, 0.3) is 0 Å². The molecule has 1 aromatic carbocycles. The highest BCUT2D eigenvalue weighted by Crippen LogP contribution is 2.28. The molecule has 0 saturated heterocycles. The third-order valence-corrected chi connectivity index (χ3v) is 4.15. The molecule has 0 spiro atoms. The predicted molar refractivity (Wildman–Crippen MR) is 85.9 cm³/mol. The predicted octanol–water partition coefficient (Wildman–Crippen LogP) is 3.50. The molecule has 21 heavy (non-hydrogen) atoms. The maximum absolute atomic E-state index is 12.5. The molecule has 4 nitrogen and oxygen atoms in total. The van der Waals surface area contributed by atoms with Gasteiger partial charge in [0.05, 0.1) is 6.61 Å². The number of carbonyl (C=O) groups is 1. The molecule has 0 aliphatic rings. The number of phenolic OH excluding ortho intramolecular Hbond substituents is 1. The molecule has 0 aliphatic heterocycles. The summed E-state index contributed by atoms with van der Waals surface area (Å²) in [6.07, 6.45) is 1.00. The van der Waals surface area contributed by atoms with Crippen LogP contribution in [0.5, 0.6) is 5.75 Å². The Morgan fingerprint density at radius 3 is 2.19 bits per heavy atom. The van der Waals surface area contributed by atoms with Crippen LogP contribution in [0.3, 0.4) is 0 Å². The molecule has 0 heterocycles. The molecule has 1 rings (SSSR count). The minimum atomic E-state index is -1.92. The van der Waals surface area contributed by atoms with Gasteiger partial charge in [0.15, 0.2) is 13.9 Å². The number of hydrogen-bond donors (Lipinski definition) is 1. The van der Waals surface area contributed by atoms with Crippen molar-refractivity contribution in [2.75, 3.05) is 6.61 Å². The van der Waals surface area contributed by atoms with Gasteiger partial charge in [0.25, 0.3) is 0 Å². The first-order valence-electron chi connectivity index (χ1n) is 7.38. The highest BCUT2D eigenvalue weighted by atomic mass is 28.4. The molecule has 1 N–H and O–H groups in total. The summed E-state index contributed by atoms with van der Waals surface area (Å²) in [4.78, 5) is 12.5. The molecular formula is C16H26O4Si. The van der Waals surface area contributed by atoms with Crippen molar-refractivity contribution in [3.63, 3.8) is 0 Å². The molecule has 1 unspecified atom stereocenters. The van der Waals surface area contributed by atoms with E-state index in [2.05, 4.69) is 19.6 Å².